The van der Waals surface area contributed by atoms with Gasteiger partial charge in [-0.2, -0.15) is 0 Å². The zero-order valence-electron chi connectivity index (χ0n) is 13.3. The third-order valence-electron chi connectivity index (χ3n) is 4.70. The molecule has 20 heavy (non-hydrogen) atoms. The quantitative estimate of drug-likeness (QED) is 0.684. The predicted molar refractivity (Wildman–Crippen MR) is 84.2 cm³/mol. The first-order valence-electron chi connectivity index (χ1n) is 8.65. The van der Waals surface area contributed by atoms with Gasteiger partial charge in [-0.1, -0.05) is 6.42 Å². The van der Waals surface area contributed by atoms with Crippen LogP contribution in [0.3, 0.4) is 0 Å². The standard InChI is InChI=1S/C16H33N3O/c1-2-20-15-9-17-8-14-18-12-6-16(7-13-18)19-10-4-3-5-11-19/h16-17H,2-15H2,1H3. The Kier molecular flexibility index (Phi) is 7.88. The van der Waals surface area contributed by atoms with E-state index in [1.54, 1.807) is 0 Å². The van der Waals surface area contributed by atoms with Gasteiger partial charge in [0.25, 0.3) is 0 Å². The molecule has 2 aliphatic heterocycles. The second kappa shape index (κ2) is 9.72. The summed E-state index contributed by atoms with van der Waals surface area (Å²) in [4.78, 5) is 5.37. The lowest BCUT2D eigenvalue weighted by molar-refractivity contribution is 0.0923. The van der Waals surface area contributed by atoms with Gasteiger partial charge in [0.15, 0.2) is 0 Å². The van der Waals surface area contributed by atoms with Crippen LogP contribution in [0.5, 0.6) is 0 Å². The van der Waals surface area contributed by atoms with E-state index in [9.17, 15) is 0 Å². The van der Waals surface area contributed by atoms with Crippen LogP contribution < -0.4 is 5.32 Å². The predicted octanol–water partition coefficient (Wildman–Crippen LogP) is 1.56. The third kappa shape index (κ3) is 5.68. The van der Waals surface area contributed by atoms with E-state index in [2.05, 4.69) is 15.1 Å². The minimum Gasteiger partial charge on any atom is -0.380 e. The van der Waals surface area contributed by atoms with Crippen molar-refractivity contribution in [2.45, 2.75) is 45.1 Å². The molecule has 0 radical (unpaired) electrons. The second-order valence-corrected chi connectivity index (χ2v) is 6.12. The van der Waals surface area contributed by atoms with Crippen molar-refractivity contribution in [1.29, 1.82) is 0 Å². The lowest BCUT2D eigenvalue weighted by Crippen LogP contribution is -2.47. The van der Waals surface area contributed by atoms with Crippen molar-refractivity contribution in [3.63, 3.8) is 0 Å². The molecule has 0 spiro atoms. The number of rotatable bonds is 8. The molecule has 0 aliphatic carbocycles. The van der Waals surface area contributed by atoms with E-state index in [0.29, 0.717) is 0 Å². The lowest BCUT2D eigenvalue weighted by Gasteiger charge is -2.40. The number of piperidine rings is 2. The first-order valence-corrected chi connectivity index (χ1v) is 8.65. The fourth-order valence-electron chi connectivity index (χ4n) is 3.44. The summed E-state index contributed by atoms with van der Waals surface area (Å²) >= 11 is 0. The molecule has 0 aromatic heterocycles. The number of hydrogen-bond donors (Lipinski definition) is 1. The Morgan fingerprint density at radius 2 is 1.75 bits per heavy atom. The van der Waals surface area contributed by atoms with Gasteiger partial charge < -0.3 is 19.9 Å². The molecule has 0 aromatic carbocycles. The van der Waals surface area contributed by atoms with E-state index in [-0.39, 0.29) is 0 Å². The molecule has 0 amide bonds. The number of likely N-dealkylation sites (tertiary alicyclic amines) is 2. The number of nitrogens with one attached hydrogen (secondary N) is 1. The number of hydrogen-bond acceptors (Lipinski definition) is 4. The largest absolute Gasteiger partial charge is 0.380 e. The van der Waals surface area contributed by atoms with Crippen LogP contribution in [0.25, 0.3) is 0 Å². The van der Waals surface area contributed by atoms with Gasteiger partial charge in [0.1, 0.15) is 0 Å². The first kappa shape index (κ1) is 16.2. The zero-order chi connectivity index (χ0) is 14.0. The monoisotopic (exact) mass is 283 g/mol. The fourth-order valence-corrected chi connectivity index (χ4v) is 3.44. The Bertz CT molecular complexity index is 236. The summed E-state index contributed by atoms with van der Waals surface area (Å²) in [6.45, 7) is 12.3. The van der Waals surface area contributed by atoms with Crippen molar-refractivity contribution < 1.29 is 4.74 Å². The normalized spacial score (nSPS) is 23.2. The molecule has 0 saturated carbocycles. The summed E-state index contributed by atoms with van der Waals surface area (Å²) in [5.74, 6) is 0. The minimum atomic E-state index is 0.825. The molecule has 2 heterocycles. The van der Waals surface area contributed by atoms with Gasteiger partial charge in [-0.3, -0.25) is 0 Å². The Balaban J connectivity index is 1.50. The summed E-state index contributed by atoms with van der Waals surface area (Å²) in [6, 6.07) is 0.873. The van der Waals surface area contributed by atoms with Crippen LogP contribution in [0.15, 0.2) is 0 Å². The Labute approximate surface area is 124 Å². The highest BCUT2D eigenvalue weighted by Crippen LogP contribution is 2.20. The van der Waals surface area contributed by atoms with E-state index in [1.807, 2.05) is 6.92 Å². The topological polar surface area (TPSA) is 27.7 Å². The smallest absolute Gasteiger partial charge is 0.0590 e. The molecule has 0 atom stereocenters. The van der Waals surface area contributed by atoms with Crippen molar-refractivity contribution >= 4 is 0 Å². The van der Waals surface area contributed by atoms with E-state index in [4.69, 9.17) is 4.74 Å². The molecule has 2 rings (SSSR count). The van der Waals surface area contributed by atoms with Gasteiger partial charge in [0.2, 0.25) is 0 Å². The van der Waals surface area contributed by atoms with Crippen LogP contribution in [-0.2, 0) is 4.74 Å². The van der Waals surface area contributed by atoms with Gasteiger partial charge in [-0.15, -0.1) is 0 Å². The van der Waals surface area contributed by atoms with Crippen molar-refractivity contribution in [3.8, 4) is 0 Å². The highest BCUT2D eigenvalue weighted by atomic mass is 16.5. The summed E-state index contributed by atoms with van der Waals surface area (Å²) in [5, 5.41) is 3.46. The molecule has 2 aliphatic rings. The van der Waals surface area contributed by atoms with Gasteiger partial charge >= 0.3 is 0 Å². The summed E-state index contributed by atoms with van der Waals surface area (Å²) < 4.78 is 5.33. The SMILES string of the molecule is CCOCCNCCN1CCC(N2CCCCC2)CC1. The maximum atomic E-state index is 5.33. The third-order valence-corrected chi connectivity index (χ3v) is 4.70. The van der Waals surface area contributed by atoms with Crippen LogP contribution in [-0.4, -0.2) is 74.9 Å². The van der Waals surface area contributed by atoms with E-state index >= 15 is 0 Å². The lowest BCUT2D eigenvalue weighted by atomic mass is 10.00. The average molecular weight is 283 g/mol. The van der Waals surface area contributed by atoms with E-state index in [1.165, 1.54) is 64.8 Å². The average Bonchev–Trinajstić information content (AvgIpc) is 2.52. The van der Waals surface area contributed by atoms with E-state index in [0.717, 1.165) is 32.3 Å². The maximum absolute atomic E-state index is 5.33. The highest BCUT2D eigenvalue weighted by molar-refractivity contribution is 4.81. The zero-order valence-corrected chi connectivity index (χ0v) is 13.3. The fraction of sp³-hybridized carbons (Fsp3) is 1.00. The number of ether oxygens (including phenoxy) is 1. The van der Waals surface area contributed by atoms with Crippen LogP contribution in [0.1, 0.15) is 39.0 Å². The Morgan fingerprint density at radius 1 is 1.00 bits per heavy atom. The van der Waals surface area contributed by atoms with Crippen LogP contribution >= 0.6 is 0 Å². The highest BCUT2D eigenvalue weighted by Gasteiger charge is 2.24. The van der Waals surface area contributed by atoms with Crippen LogP contribution in [0.4, 0.5) is 0 Å². The van der Waals surface area contributed by atoms with Gasteiger partial charge in [0, 0.05) is 32.3 Å². The molecule has 2 saturated heterocycles. The molecule has 2 fully saturated rings. The Hall–Kier alpha value is -0.160. The molecular formula is C16H33N3O. The minimum absolute atomic E-state index is 0.825. The second-order valence-electron chi connectivity index (χ2n) is 6.12. The molecule has 0 bridgehead atoms. The van der Waals surface area contributed by atoms with Gasteiger partial charge in [0.05, 0.1) is 6.61 Å². The van der Waals surface area contributed by atoms with Crippen molar-refractivity contribution in [3.05, 3.63) is 0 Å². The molecular weight excluding hydrogens is 250 g/mol. The molecule has 0 unspecified atom stereocenters. The molecule has 4 heteroatoms. The van der Waals surface area contributed by atoms with Gasteiger partial charge in [-0.25, -0.2) is 0 Å². The molecule has 4 nitrogen and oxygen atoms in total. The summed E-state index contributed by atoms with van der Waals surface area (Å²) in [6.07, 6.45) is 7.04. The van der Waals surface area contributed by atoms with Crippen molar-refractivity contribution in [2.24, 2.45) is 0 Å². The first-order chi connectivity index (χ1) is 9.90. The maximum Gasteiger partial charge on any atom is 0.0590 e. The molecule has 0 aromatic rings. The van der Waals surface area contributed by atoms with E-state index < -0.39 is 0 Å². The molecule has 1 N–H and O–H groups in total. The number of nitrogens with zero attached hydrogens (tertiary/aromatic N) is 2. The van der Waals surface area contributed by atoms with Crippen LogP contribution in [0.2, 0.25) is 0 Å². The van der Waals surface area contributed by atoms with Crippen molar-refractivity contribution in [2.75, 3.05) is 59.0 Å². The Morgan fingerprint density at radius 3 is 2.45 bits per heavy atom. The summed E-state index contributed by atoms with van der Waals surface area (Å²) in [7, 11) is 0. The van der Waals surface area contributed by atoms with Gasteiger partial charge in [-0.05, 0) is 58.8 Å². The van der Waals surface area contributed by atoms with Crippen LogP contribution in [0, 0.1) is 0 Å². The van der Waals surface area contributed by atoms with Crippen molar-refractivity contribution in [1.82, 2.24) is 15.1 Å². The molecule has 118 valence electrons. The summed E-state index contributed by atoms with van der Waals surface area (Å²) in [5.41, 5.74) is 0.